The van der Waals surface area contributed by atoms with Crippen molar-refractivity contribution in [1.29, 1.82) is 0 Å². The van der Waals surface area contributed by atoms with E-state index in [0.717, 1.165) is 22.3 Å². The lowest BCUT2D eigenvalue weighted by atomic mass is 10.3. The van der Waals surface area contributed by atoms with E-state index in [1.165, 1.54) is 19.2 Å². The zero-order valence-electron chi connectivity index (χ0n) is 10.2. The minimum atomic E-state index is 0.741. The highest BCUT2D eigenvalue weighted by Crippen LogP contribution is 2.17. The molecule has 5 nitrogen and oxygen atoms in total. The lowest BCUT2D eigenvalue weighted by Crippen LogP contribution is -1.83. The first kappa shape index (κ1) is 13.6. The summed E-state index contributed by atoms with van der Waals surface area (Å²) in [6.45, 7) is 7.40. The highest BCUT2D eigenvalue weighted by atomic mass is 32.2. The molecule has 92 valence electrons. The molecule has 0 amide bonds. The third-order valence-corrected chi connectivity index (χ3v) is 2.92. The van der Waals surface area contributed by atoms with E-state index in [-0.39, 0.29) is 0 Å². The van der Waals surface area contributed by atoms with Crippen molar-refractivity contribution in [3.05, 3.63) is 12.0 Å². The van der Waals surface area contributed by atoms with Crippen molar-refractivity contribution < 1.29 is 0 Å². The maximum Gasteiger partial charge on any atom is 0.208 e. The molecule has 1 aromatic heterocycles. The van der Waals surface area contributed by atoms with Gasteiger partial charge < -0.3 is 0 Å². The Balaban J connectivity index is 2.57. The second kappa shape index (κ2) is 7.78. The van der Waals surface area contributed by atoms with Crippen LogP contribution in [0.5, 0.6) is 0 Å². The predicted molar refractivity (Wildman–Crippen MR) is 73.7 cm³/mol. The minimum absolute atomic E-state index is 0.741. The molecule has 0 unspecified atom stereocenters. The first-order valence-electron chi connectivity index (χ1n) is 5.47. The third kappa shape index (κ3) is 4.95. The van der Waals surface area contributed by atoms with Crippen molar-refractivity contribution >= 4 is 30.4 Å². The van der Waals surface area contributed by atoms with Crippen LogP contribution < -0.4 is 0 Å². The Bertz CT molecular complexity index is 408. The average Bonchev–Trinajstić information content (AvgIpc) is 2.78. The van der Waals surface area contributed by atoms with E-state index in [2.05, 4.69) is 38.8 Å². The maximum absolute atomic E-state index is 4.37. The van der Waals surface area contributed by atoms with E-state index in [9.17, 15) is 0 Å². The van der Waals surface area contributed by atoms with E-state index >= 15 is 0 Å². The smallest absolute Gasteiger partial charge is 0.208 e. The van der Waals surface area contributed by atoms with Gasteiger partial charge >= 0.3 is 0 Å². The molecule has 0 saturated carbocycles. The summed E-state index contributed by atoms with van der Waals surface area (Å²) in [7, 11) is 0. The van der Waals surface area contributed by atoms with Gasteiger partial charge in [-0.05, 0) is 20.1 Å². The Kier molecular flexibility index (Phi) is 6.24. The Morgan fingerprint density at radius 1 is 1.59 bits per heavy atom. The van der Waals surface area contributed by atoms with Gasteiger partial charge in [-0.3, -0.25) is 10.1 Å². The van der Waals surface area contributed by atoms with E-state index in [1.54, 1.807) is 18.0 Å². The molecule has 1 aromatic rings. The van der Waals surface area contributed by atoms with Crippen molar-refractivity contribution in [3.8, 4) is 0 Å². The standard InChI is InChI=1S/C11H17N5S/c1-4-5-6-17-11-14-10(15-16-11)9(2)7-13-8-12-3/h7-8H,3-6H2,1-2H3,(H,14,15,16)/b9-7+,13-8?. The van der Waals surface area contributed by atoms with E-state index in [1.807, 2.05) is 6.92 Å². The van der Waals surface area contributed by atoms with Gasteiger partial charge in [-0.15, -0.1) is 5.10 Å². The Labute approximate surface area is 106 Å². The van der Waals surface area contributed by atoms with Gasteiger partial charge in [0.15, 0.2) is 5.82 Å². The fraction of sp³-hybridized carbons (Fsp3) is 0.455. The summed E-state index contributed by atoms with van der Waals surface area (Å²) in [6.07, 6.45) is 5.43. The van der Waals surface area contributed by atoms with Crippen molar-refractivity contribution in [3.63, 3.8) is 0 Å². The van der Waals surface area contributed by atoms with Crippen LogP contribution in [-0.2, 0) is 0 Å². The number of nitrogens with zero attached hydrogens (tertiary/aromatic N) is 4. The normalized spacial score (nSPS) is 12.2. The van der Waals surface area contributed by atoms with Crippen LogP contribution in [0.4, 0.5) is 0 Å². The Morgan fingerprint density at radius 3 is 3.12 bits per heavy atom. The molecule has 17 heavy (non-hydrogen) atoms. The zero-order valence-corrected chi connectivity index (χ0v) is 11.0. The lowest BCUT2D eigenvalue weighted by Gasteiger charge is -1.93. The number of nitrogens with one attached hydrogen (secondary N) is 1. The number of rotatable bonds is 7. The van der Waals surface area contributed by atoms with Gasteiger partial charge in [0.1, 0.15) is 6.34 Å². The molecule has 0 spiro atoms. The summed E-state index contributed by atoms with van der Waals surface area (Å²) in [5, 5.41) is 7.81. The topological polar surface area (TPSA) is 66.3 Å². The van der Waals surface area contributed by atoms with E-state index in [0.29, 0.717) is 0 Å². The van der Waals surface area contributed by atoms with Crippen molar-refractivity contribution in [2.75, 3.05) is 5.75 Å². The predicted octanol–water partition coefficient (Wildman–Crippen LogP) is 2.79. The van der Waals surface area contributed by atoms with Crippen LogP contribution in [0.15, 0.2) is 21.3 Å². The molecule has 6 heteroatoms. The molecular formula is C11H17N5S. The van der Waals surface area contributed by atoms with Gasteiger partial charge in [-0.1, -0.05) is 25.1 Å². The van der Waals surface area contributed by atoms with Crippen LogP contribution in [0, 0.1) is 0 Å². The Morgan fingerprint density at radius 2 is 2.41 bits per heavy atom. The van der Waals surface area contributed by atoms with Gasteiger partial charge in [0.25, 0.3) is 0 Å². The largest absolute Gasteiger partial charge is 0.258 e. The number of allylic oxidation sites excluding steroid dienone is 1. The van der Waals surface area contributed by atoms with Crippen LogP contribution in [0.25, 0.3) is 5.57 Å². The number of aliphatic imine (C=N–C) groups is 2. The molecule has 0 atom stereocenters. The first-order valence-corrected chi connectivity index (χ1v) is 6.46. The van der Waals surface area contributed by atoms with Gasteiger partial charge in [0.2, 0.25) is 5.16 Å². The molecule has 1 N–H and O–H groups in total. The van der Waals surface area contributed by atoms with Crippen LogP contribution in [0.2, 0.25) is 0 Å². The van der Waals surface area contributed by atoms with Crippen molar-refractivity contribution in [2.24, 2.45) is 9.98 Å². The monoisotopic (exact) mass is 251 g/mol. The summed E-state index contributed by atoms with van der Waals surface area (Å²) >= 11 is 1.66. The summed E-state index contributed by atoms with van der Waals surface area (Å²) in [5.41, 5.74) is 0.916. The average molecular weight is 251 g/mol. The van der Waals surface area contributed by atoms with E-state index in [4.69, 9.17) is 0 Å². The van der Waals surface area contributed by atoms with Crippen LogP contribution >= 0.6 is 11.8 Å². The fourth-order valence-corrected chi connectivity index (χ4v) is 1.93. The number of H-pyrrole nitrogens is 1. The molecule has 0 aliphatic carbocycles. The van der Waals surface area contributed by atoms with Crippen LogP contribution in [-0.4, -0.2) is 34.0 Å². The van der Waals surface area contributed by atoms with Gasteiger partial charge in [0, 0.05) is 17.5 Å². The summed E-state index contributed by atoms with van der Waals surface area (Å²) in [5.74, 6) is 1.79. The zero-order chi connectivity index (χ0) is 12.5. The number of aromatic amines is 1. The van der Waals surface area contributed by atoms with Gasteiger partial charge in [0.05, 0.1) is 0 Å². The first-order chi connectivity index (χ1) is 8.27. The number of hydrogen-bond donors (Lipinski definition) is 1. The molecule has 0 aromatic carbocycles. The Hall–Kier alpha value is -1.43. The minimum Gasteiger partial charge on any atom is -0.258 e. The molecule has 0 saturated heterocycles. The van der Waals surface area contributed by atoms with Crippen molar-refractivity contribution in [1.82, 2.24) is 15.2 Å². The second-order valence-corrected chi connectivity index (χ2v) is 4.49. The highest BCUT2D eigenvalue weighted by Gasteiger charge is 2.04. The fourth-order valence-electron chi connectivity index (χ4n) is 1.05. The molecule has 0 fully saturated rings. The molecule has 0 aliphatic rings. The summed E-state index contributed by atoms with van der Waals surface area (Å²) in [4.78, 5) is 11.8. The quantitative estimate of drug-likeness (QED) is 0.351. The molecule has 1 heterocycles. The number of aromatic nitrogens is 3. The third-order valence-electron chi connectivity index (χ3n) is 1.98. The highest BCUT2D eigenvalue weighted by molar-refractivity contribution is 7.99. The number of unbranched alkanes of at least 4 members (excludes halogenated alkanes) is 1. The van der Waals surface area contributed by atoms with Gasteiger partial charge in [-0.2, -0.15) is 0 Å². The summed E-state index contributed by atoms with van der Waals surface area (Å²) < 4.78 is 0. The molecule has 0 aliphatic heterocycles. The van der Waals surface area contributed by atoms with E-state index < -0.39 is 0 Å². The molecular weight excluding hydrogens is 234 g/mol. The lowest BCUT2D eigenvalue weighted by molar-refractivity contribution is 0.889. The second-order valence-electron chi connectivity index (χ2n) is 3.43. The maximum atomic E-state index is 4.37. The molecule has 0 radical (unpaired) electrons. The van der Waals surface area contributed by atoms with Crippen molar-refractivity contribution in [2.45, 2.75) is 31.8 Å². The van der Waals surface area contributed by atoms with Crippen LogP contribution in [0.1, 0.15) is 32.5 Å². The molecule has 1 rings (SSSR count). The summed E-state index contributed by atoms with van der Waals surface area (Å²) in [6, 6.07) is 0. The molecule has 0 bridgehead atoms. The van der Waals surface area contributed by atoms with Gasteiger partial charge in [-0.25, -0.2) is 9.98 Å². The SMILES string of the molecule is C=NC=N/C=C(\C)c1nc(SCCCC)n[nH]1. The number of thioether (sulfide) groups is 1. The number of hydrogen-bond acceptors (Lipinski definition) is 4. The van der Waals surface area contributed by atoms with Crippen LogP contribution in [0.3, 0.4) is 0 Å².